The largest absolute Gasteiger partial charge is 0.352 e. The lowest BCUT2D eigenvalue weighted by Crippen LogP contribution is -2.51. The van der Waals surface area contributed by atoms with E-state index in [1.807, 2.05) is 20.8 Å². The maximum Gasteiger partial charge on any atom is 0.225 e. The van der Waals surface area contributed by atoms with Gasteiger partial charge in [-0.1, -0.05) is 20.8 Å². The summed E-state index contributed by atoms with van der Waals surface area (Å²) in [5.41, 5.74) is -0.278. The topological polar surface area (TPSA) is 32.3 Å². The third-order valence-corrected chi connectivity index (χ3v) is 3.20. The number of rotatable bonds is 2. The first-order valence-corrected chi connectivity index (χ1v) is 6.35. The molecule has 0 aromatic heterocycles. The number of amides is 1. The summed E-state index contributed by atoms with van der Waals surface area (Å²) in [6, 6.07) is 0.914. The quantitative estimate of drug-likeness (QED) is 0.781. The van der Waals surface area contributed by atoms with E-state index in [-0.39, 0.29) is 11.3 Å². The fraction of sp³-hybridized carbons (Fsp3) is 0.923. The number of carbonyl (C=O) groups excluding carboxylic acids is 1. The number of hydrogen-bond donors (Lipinski definition) is 1. The molecule has 1 N–H and O–H groups in total. The second-order valence-electron chi connectivity index (χ2n) is 6.15. The van der Waals surface area contributed by atoms with E-state index in [2.05, 4.69) is 24.1 Å². The summed E-state index contributed by atoms with van der Waals surface area (Å²) in [5, 5.41) is 3.16. The Morgan fingerprint density at radius 2 is 2.00 bits per heavy atom. The minimum Gasteiger partial charge on any atom is -0.352 e. The SMILES string of the molecule is CC(C)N1CCCC(NC(=O)C(C)(C)C)C1. The molecule has 0 aromatic carbocycles. The van der Waals surface area contributed by atoms with Crippen LogP contribution in [0.3, 0.4) is 0 Å². The Morgan fingerprint density at radius 3 is 2.50 bits per heavy atom. The average molecular weight is 226 g/mol. The summed E-state index contributed by atoms with van der Waals surface area (Å²) >= 11 is 0. The van der Waals surface area contributed by atoms with Crippen molar-refractivity contribution in [3.63, 3.8) is 0 Å². The van der Waals surface area contributed by atoms with Crippen molar-refractivity contribution in [2.45, 2.75) is 59.5 Å². The molecule has 3 nitrogen and oxygen atoms in total. The minimum absolute atomic E-state index is 0.170. The Bertz CT molecular complexity index is 243. The van der Waals surface area contributed by atoms with Crippen molar-refractivity contribution >= 4 is 5.91 Å². The molecule has 1 aliphatic rings. The van der Waals surface area contributed by atoms with E-state index < -0.39 is 0 Å². The summed E-state index contributed by atoms with van der Waals surface area (Å²) in [5.74, 6) is 0.170. The third-order valence-electron chi connectivity index (χ3n) is 3.20. The van der Waals surface area contributed by atoms with Crippen LogP contribution in [0, 0.1) is 5.41 Å². The fourth-order valence-electron chi connectivity index (χ4n) is 2.00. The van der Waals surface area contributed by atoms with Crippen molar-refractivity contribution in [1.29, 1.82) is 0 Å². The molecular formula is C13H26N2O. The van der Waals surface area contributed by atoms with Gasteiger partial charge < -0.3 is 5.32 Å². The van der Waals surface area contributed by atoms with Crippen LogP contribution in [0.2, 0.25) is 0 Å². The van der Waals surface area contributed by atoms with E-state index in [4.69, 9.17) is 0 Å². The van der Waals surface area contributed by atoms with Crippen LogP contribution in [0.15, 0.2) is 0 Å². The molecule has 1 unspecified atom stereocenters. The zero-order valence-electron chi connectivity index (χ0n) is 11.3. The van der Waals surface area contributed by atoms with E-state index in [0.29, 0.717) is 12.1 Å². The first kappa shape index (κ1) is 13.5. The zero-order valence-corrected chi connectivity index (χ0v) is 11.3. The summed E-state index contributed by atoms with van der Waals surface area (Å²) < 4.78 is 0. The lowest BCUT2D eigenvalue weighted by Gasteiger charge is -2.36. The molecule has 1 fully saturated rings. The number of nitrogens with zero attached hydrogens (tertiary/aromatic N) is 1. The maximum atomic E-state index is 11.9. The molecule has 94 valence electrons. The second-order valence-corrected chi connectivity index (χ2v) is 6.15. The van der Waals surface area contributed by atoms with Crippen LogP contribution in [-0.4, -0.2) is 36.0 Å². The van der Waals surface area contributed by atoms with Crippen LogP contribution in [-0.2, 0) is 4.79 Å². The van der Waals surface area contributed by atoms with Crippen LogP contribution >= 0.6 is 0 Å². The Labute approximate surface area is 99.6 Å². The number of nitrogens with one attached hydrogen (secondary N) is 1. The van der Waals surface area contributed by atoms with Gasteiger partial charge in [0.05, 0.1) is 0 Å². The Hall–Kier alpha value is -0.570. The molecule has 1 rings (SSSR count). The molecule has 0 aromatic rings. The monoisotopic (exact) mass is 226 g/mol. The molecule has 16 heavy (non-hydrogen) atoms. The lowest BCUT2D eigenvalue weighted by atomic mass is 9.94. The highest BCUT2D eigenvalue weighted by Crippen LogP contribution is 2.17. The average Bonchev–Trinajstić information content (AvgIpc) is 2.16. The first-order valence-electron chi connectivity index (χ1n) is 6.35. The standard InChI is InChI=1S/C13H26N2O/c1-10(2)15-8-6-7-11(9-15)14-12(16)13(3,4)5/h10-11H,6-9H2,1-5H3,(H,14,16). The predicted octanol–water partition coefficient (Wildman–Crippen LogP) is 2.02. The van der Waals surface area contributed by atoms with Gasteiger partial charge in [0.15, 0.2) is 0 Å². The number of likely N-dealkylation sites (tertiary alicyclic amines) is 1. The highest BCUT2D eigenvalue weighted by molar-refractivity contribution is 5.81. The second kappa shape index (κ2) is 5.17. The van der Waals surface area contributed by atoms with Gasteiger partial charge in [0.1, 0.15) is 0 Å². The van der Waals surface area contributed by atoms with Gasteiger partial charge in [-0.25, -0.2) is 0 Å². The van der Waals surface area contributed by atoms with E-state index >= 15 is 0 Å². The Kier molecular flexibility index (Phi) is 4.36. The molecule has 0 radical (unpaired) electrons. The van der Waals surface area contributed by atoms with Crippen molar-refractivity contribution in [3.8, 4) is 0 Å². The number of piperidine rings is 1. The normalized spacial score (nSPS) is 23.5. The van der Waals surface area contributed by atoms with Gasteiger partial charge in [0, 0.05) is 24.0 Å². The van der Waals surface area contributed by atoms with Crippen LogP contribution in [0.1, 0.15) is 47.5 Å². The zero-order chi connectivity index (χ0) is 12.3. The van der Waals surface area contributed by atoms with E-state index in [0.717, 1.165) is 13.0 Å². The molecule has 1 amide bonds. The van der Waals surface area contributed by atoms with Gasteiger partial charge in [-0.3, -0.25) is 9.69 Å². The lowest BCUT2D eigenvalue weighted by molar-refractivity contribution is -0.129. The molecule has 0 saturated carbocycles. The van der Waals surface area contributed by atoms with Crippen LogP contribution in [0.4, 0.5) is 0 Å². The highest BCUT2D eigenvalue weighted by Gasteiger charge is 2.27. The molecule has 0 spiro atoms. The third kappa shape index (κ3) is 3.78. The van der Waals surface area contributed by atoms with Gasteiger partial charge in [-0.05, 0) is 33.2 Å². The van der Waals surface area contributed by atoms with E-state index in [1.165, 1.54) is 13.0 Å². The number of carbonyl (C=O) groups is 1. The van der Waals surface area contributed by atoms with Crippen LogP contribution in [0.5, 0.6) is 0 Å². The smallest absolute Gasteiger partial charge is 0.225 e. The van der Waals surface area contributed by atoms with Crippen LogP contribution < -0.4 is 5.32 Å². The maximum absolute atomic E-state index is 11.9. The summed E-state index contributed by atoms with van der Waals surface area (Å²) in [7, 11) is 0. The van der Waals surface area contributed by atoms with Crippen LogP contribution in [0.25, 0.3) is 0 Å². The van der Waals surface area contributed by atoms with Gasteiger partial charge >= 0.3 is 0 Å². The molecule has 0 bridgehead atoms. The molecule has 0 aliphatic carbocycles. The molecule has 3 heteroatoms. The first-order chi connectivity index (χ1) is 7.30. The summed E-state index contributed by atoms with van der Waals surface area (Å²) in [4.78, 5) is 14.3. The van der Waals surface area contributed by atoms with E-state index in [9.17, 15) is 4.79 Å². The Balaban J connectivity index is 2.46. The molecule has 1 saturated heterocycles. The highest BCUT2D eigenvalue weighted by atomic mass is 16.2. The summed E-state index contributed by atoms with van der Waals surface area (Å²) in [6.07, 6.45) is 2.30. The number of hydrogen-bond acceptors (Lipinski definition) is 2. The van der Waals surface area contributed by atoms with Gasteiger partial charge in [0.25, 0.3) is 0 Å². The van der Waals surface area contributed by atoms with Crippen molar-refractivity contribution in [2.24, 2.45) is 5.41 Å². The molecule has 1 atom stereocenters. The van der Waals surface area contributed by atoms with Crippen molar-refractivity contribution < 1.29 is 4.79 Å². The molecule has 1 heterocycles. The minimum atomic E-state index is -0.278. The Morgan fingerprint density at radius 1 is 1.38 bits per heavy atom. The summed E-state index contributed by atoms with van der Waals surface area (Å²) in [6.45, 7) is 12.5. The van der Waals surface area contributed by atoms with Crippen molar-refractivity contribution in [1.82, 2.24) is 10.2 Å². The van der Waals surface area contributed by atoms with Gasteiger partial charge in [-0.15, -0.1) is 0 Å². The van der Waals surface area contributed by atoms with E-state index in [1.54, 1.807) is 0 Å². The van der Waals surface area contributed by atoms with Crippen molar-refractivity contribution in [2.75, 3.05) is 13.1 Å². The molecular weight excluding hydrogens is 200 g/mol. The molecule has 1 aliphatic heterocycles. The predicted molar refractivity (Wildman–Crippen MR) is 67.3 cm³/mol. The van der Waals surface area contributed by atoms with Gasteiger partial charge in [0.2, 0.25) is 5.91 Å². The van der Waals surface area contributed by atoms with Crippen molar-refractivity contribution in [3.05, 3.63) is 0 Å². The van der Waals surface area contributed by atoms with Gasteiger partial charge in [-0.2, -0.15) is 0 Å². The fourth-order valence-corrected chi connectivity index (χ4v) is 2.00.